The fraction of sp³-hybridized carbons (Fsp3) is 0.846. The van der Waals surface area contributed by atoms with Gasteiger partial charge in [0.05, 0.1) is 13.1 Å². The van der Waals surface area contributed by atoms with E-state index in [1.165, 1.54) is 0 Å². The molecule has 4 heteroatoms. The Morgan fingerprint density at radius 3 is 1.82 bits per heavy atom. The third-order valence-electron chi connectivity index (χ3n) is 2.33. The first-order chi connectivity index (χ1) is 7.91. The monoisotopic (exact) mass is 240 g/mol. The highest BCUT2D eigenvalue weighted by molar-refractivity contribution is 5.82. The summed E-state index contributed by atoms with van der Waals surface area (Å²) in [6.07, 6.45) is 0. The lowest BCUT2D eigenvalue weighted by Crippen LogP contribution is -2.20. The minimum atomic E-state index is 0.108. The molecule has 98 valence electrons. The Balaban J connectivity index is 0.000000171. The van der Waals surface area contributed by atoms with Gasteiger partial charge in [-0.3, -0.25) is 9.98 Å². The largest absolute Gasteiger partial charge is 0.479 e. The van der Waals surface area contributed by atoms with Crippen molar-refractivity contribution in [3.05, 3.63) is 0 Å². The lowest BCUT2D eigenvalue weighted by Gasteiger charge is -2.16. The molecule has 0 saturated heterocycles. The van der Waals surface area contributed by atoms with E-state index < -0.39 is 0 Å². The van der Waals surface area contributed by atoms with Crippen molar-refractivity contribution < 1.29 is 9.47 Å². The SMILES string of the molecule is CC(C)(C)C1=NCCO1.CC(C)C1=NCCO1. The highest BCUT2D eigenvalue weighted by atomic mass is 16.5. The summed E-state index contributed by atoms with van der Waals surface area (Å²) in [5.74, 6) is 2.30. The van der Waals surface area contributed by atoms with E-state index in [1.807, 2.05) is 0 Å². The maximum Gasteiger partial charge on any atom is 0.188 e. The summed E-state index contributed by atoms with van der Waals surface area (Å²) >= 11 is 0. The van der Waals surface area contributed by atoms with Gasteiger partial charge in [-0.15, -0.1) is 0 Å². The van der Waals surface area contributed by atoms with Gasteiger partial charge >= 0.3 is 0 Å². The molecule has 17 heavy (non-hydrogen) atoms. The van der Waals surface area contributed by atoms with E-state index in [2.05, 4.69) is 44.6 Å². The standard InChI is InChI=1S/C7H13NO.C6H11NO/c1-7(2,3)6-8-4-5-9-6;1-5(2)6-7-3-4-8-6/h4-5H2,1-3H3;5H,3-4H2,1-2H3. The molecule has 0 spiro atoms. The van der Waals surface area contributed by atoms with E-state index in [1.54, 1.807) is 0 Å². The van der Waals surface area contributed by atoms with Crippen LogP contribution in [0.5, 0.6) is 0 Å². The first-order valence-electron chi connectivity index (χ1n) is 6.26. The molecule has 0 aromatic carbocycles. The number of nitrogens with zero attached hydrogens (tertiary/aromatic N) is 2. The van der Waals surface area contributed by atoms with E-state index >= 15 is 0 Å². The molecule has 0 fully saturated rings. The van der Waals surface area contributed by atoms with Gasteiger partial charge in [0, 0.05) is 11.3 Å². The zero-order valence-electron chi connectivity index (χ0n) is 11.6. The van der Waals surface area contributed by atoms with E-state index in [9.17, 15) is 0 Å². The van der Waals surface area contributed by atoms with Gasteiger partial charge in [-0.1, -0.05) is 34.6 Å². The number of aliphatic imine (C=N–C) groups is 2. The molecular weight excluding hydrogens is 216 g/mol. The van der Waals surface area contributed by atoms with E-state index in [0.717, 1.165) is 38.1 Å². The van der Waals surface area contributed by atoms with Crippen LogP contribution in [0.25, 0.3) is 0 Å². The van der Waals surface area contributed by atoms with Gasteiger partial charge in [0.25, 0.3) is 0 Å². The number of ether oxygens (including phenoxy) is 2. The van der Waals surface area contributed by atoms with Crippen LogP contribution in [0.1, 0.15) is 34.6 Å². The Bertz CT molecular complexity index is 301. The maximum absolute atomic E-state index is 5.27. The summed E-state index contributed by atoms with van der Waals surface area (Å²) in [5, 5.41) is 0. The second-order valence-electron chi connectivity index (χ2n) is 5.51. The highest BCUT2D eigenvalue weighted by Gasteiger charge is 2.22. The molecule has 0 bridgehead atoms. The molecular formula is C13H24N2O2. The third-order valence-corrected chi connectivity index (χ3v) is 2.33. The Morgan fingerprint density at radius 1 is 1.00 bits per heavy atom. The van der Waals surface area contributed by atoms with Gasteiger partial charge in [0.1, 0.15) is 13.2 Å². The van der Waals surface area contributed by atoms with Crippen LogP contribution in [0.4, 0.5) is 0 Å². The van der Waals surface area contributed by atoms with Gasteiger partial charge in [-0.2, -0.15) is 0 Å². The summed E-state index contributed by atoms with van der Waals surface area (Å²) in [4.78, 5) is 8.33. The van der Waals surface area contributed by atoms with Gasteiger partial charge < -0.3 is 9.47 Å². The maximum atomic E-state index is 5.27. The van der Waals surface area contributed by atoms with E-state index in [4.69, 9.17) is 9.47 Å². The molecule has 2 heterocycles. The van der Waals surface area contributed by atoms with Crippen LogP contribution in [-0.2, 0) is 9.47 Å². The molecule has 2 rings (SSSR count). The van der Waals surface area contributed by atoms with Crippen molar-refractivity contribution in [3.8, 4) is 0 Å². The normalized spacial score (nSPS) is 18.9. The highest BCUT2D eigenvalue weighted by Crippen LogP contribution is 2.19. The van der Waals surface area contributed by atoms with E-state index in [0.29, 0.717) is 5.92 Å². The summed E-state index contributed by atoms with van der Waals surface area (Å²) < 4.78 is 10.4. The lowest BCUT2D eigenvalue weighted by molar-refractivity contribution is 0.302. The van der Waals surface area contributed by atoms with Crippen molar-refractivity contribution in [1.29, 1.82) is 0 Å². The van der Waals surface area contributed by atoms with Crippen LogP contribution in [0, 0.1) is 11.3 Å². The van der Waals surface area contributed by atoms with Crippen LogP contribution in [0.15, 0.2) is 9.98 Å². The molecule has 4 nitrogen and oxygen atoms in total. The molecule has 0 aliphatic carbocycles. The summed E-state index contributed by atoms with van der Waals surface area (Å²) in [5.41, 5.74) is 0.108. The van der Waals surface area contributed by atoms with E-state index in [-0.39, 0.29) is 5.41 Å². The Kier molecular flexibility index (Phi) is 4.97. The summed E-state index contributed by atoms with van der Waals surface area (Å²) in [7, 11) is 0. The van der Waals surface area contributed by atoms with Gasteiger partial charge in [0.2, 0.25) is 0 Å². The molecule has 0 amide bonds. The van der Waals surface area contributed by atoms with Crippen molar-refractivity contribution in [1.82, 2.24) is 0 Å². The number of hydrogen-bond acceptors (Lipinski definition) is 4. The Morgan fingerprint density at radius 2 is 1.59 bits per heavy atom. The van der Waals surface area contributed by atoms with Crippen LogP contribution in [0.3, 0.4) is 0 Å². The van der Waals surface area contributed by atoms with Crippen LogP contribution < -0.4 is 0 Å². The quantitative estimate of drug-likeness (QED) is 0.707. The predicted molar refractivity (Wildman–Crippen MR) is 70.8 cm³/mol. The Hall–Kier alpha value is -1.06. The molecule has 0 aromatic heterocycles. The molecule has 0 unspecified atom stereocenters. The van der Waals surface area contributed by atoms with Gasteiger partial charge in [0.15, 0.2) is 11.8 Å². The fourth-order valence-electron chi connectivity index (χ4n) is 1.49. The van der Waals surface area contributed by atoms with Gasteiger partial charge in [-0.25, -0.2) is 0 Å². The van der Waals surface area contributed by atoms with Gasteiger partial charge in [-0.05, 0) is 0 Å². The van der Waals surface area contributed by atoms with Crippen molar-refractivity contribution in [2.45, 2.75) is 34.6 Å². The first kappa shape index (κ1) is 14.0. The average molecular weight is 240 g/mol. The predicted octanol–water partition coefficient (Wildman–Crippen LogP) is 2.53. The smallest absolute Gasteiger partial charge is 0.188 e. The molecule has 0 saturated carbocycles. The minimum Gasteiger partial charge on any atom is -0.479 e. The van der Waals surface area contributed by atoms with Crippen LogP contribution >= 0.6 is 0 Å². The zero-order valence-corrected chi connectivity index (χ0v) is 11.6. The third kappa shape index (κ3) is 4.75. The second-order valence-corrected chi connectivity index (χ2v) is 5.51. The molecule has 0 N–H and O–H groups in total. The molecule has 0 atom stereocenters. The molecule has 2 aliphatic rings. The zero-order chi connectivity index (χ0) is 12.9. The van der Waals surface area contributed by atoms with Crippen molar-refractivity contribution in [2.24, 2.45) is 21.3 Å². The molecule has 2 aliphatic heterocycles. The van der Waals surface area contributed by atoms with Crippen molar-refractivity contribution in [3.63, 3.8) is 0 Å². The topological polar surface area (TPSA) is 43.2 Å². The average Bonchev–Trinajstić information content (AvgIpc) is 2.92. The summed E-state index contributed by atoms with van der Waals surface area (Å²) in [6, 6.07) is 0. The molecule has 0 aromatic rings. The van der Waals surface area contributed by atoms with Crippen LogP contribution in [-0.4, -0.2) is 38.1 Å². The summed E-state index contributed by atoms with van der Waals surface area (Å²) in [6.45, 7) is 13.8. The number of rotatable bonds is 1. The number of hydrogen-bond donors (Lipinski definition) is 0. The first-order valence-corrected chi connectivity index (χ1v) is 6.26. The molecule has 0 radical (unpaired) electrons. The van der Waals surface area contributed by atoms with Crippen molar-refractivity contribution >= 4 is 11.8 Å². The van der Waals surface area contributed by atoms with Crippen LogP contribution in [0.2, 0.25) is 0 Å². The second kappa shape index (κ2) is 6.03. The Labute approximate surface area is 104 Å². The minimum absolute atomic E-state index is 0.108. The fourth-order valence-corrected chi connectivity index (χ4v) is 1.49. The van der Waals surface area contributed by atoms with Crippen molar-refractivity contribution in [2.75, 3.05) is 26.3 Å². The lowest BCUT2D eigenvalue weighted by atomic mass is 9.97.